The first-order valence-electron chi connectivity index (χ1n) is 3.72. The maximum absolute atomic E-state index is 12.4. The summed E-state index contributed by atoms with van der Waals surface area (Å²) in [4.78, 5) is 0.787. The number of hydrogen-bond donors (Lipinski definition) is 1. The third-order valence-corrected chi connectivity index (χ3v) is 2.96. The van der Waals surface area contributed by atoms with E-state index in [4.69, 9.17) is 17.3 Å². The van der Waals surface area contributed by atoms with E-state index in [1.54, 1.807) is 11.4 Å². The molecule has 5 heteroatoms. The lowest BCUT2D eigenvalue weighted by molar-refractivity contribution is 0.0644. The molecule has 0 fully saturated rings. The average molecular weight is 226 g/mol. The monoisotopic (exact) mass is 225 g/mol. The predicted octanol–water partition coefficient (Wildman–Crippen LogP) is 2.93. The second-order valence-electron chi connectivity index (χ2n) is 3.21. The lowest BCUT2D eigenvalue weighted by Gasteiger charge is -2.22. The van der Waals surface area contributed by atoms with E-state index >= 15 is 0 Å². The Morgan fingerprint density at radius 3 is 2.69 bits per heavy atom. The van der Waals surface area contributed by atoms with Crippen molar-refractivity contribution in [1.29, 1.82) is 0 Å². The summed E-state index contributed by atoms with van der Waals surface area (Å²) in [5, 5.41) is 2.28. The van der Waals surface area contributed by atoms with Crippen molar-refractivity contribution in [2.45, 2.75) is 25.3 Å². The van der Waals surface area contributed by atoms with Crippen molar-refractivity contribution in [3.8, 4) is 0 Å². The van der Waals surface area contributed by atoms with Crippen molar-refractivity contribution < 1.29 is 8.78 Å². The molecule has 2 N–H and O–H groups in total. The molecule has 0 aromatic carbocycles. The number of rotatable bonds is 3. The first kappa shape index (κ1) is 10.9. The van der Waals surface area contributed by atoms with Gasteiger partial charge in [0.15, 0.2) is 0 Å². The van der Waals surface area contributed by atoms with Gasteiger partial charge in [0.1, 0.15) is 0 Å². The Labute approximate surface area is 84.5 Å². The summed E-state index contributed by atoms with van der Waals surface area (Å²) in [6.45, 7) is 1.34. The van der Waals surface area contributed by atoms with Crippen molar-refractivity contribution in [2.75, 3.05) is 0 Å². The Hall–Kier alpha value is -0.190. The van der Waals surface area contributed by atoms with E-state index in [0.717, 1.165) is 4.88 Å². The smallest absolute Gasteiger partial charge is 0.256 e. The Morgan fingerprint density at radius 2 is 2.31 bits per heavy atom. The van der Waals surface area contributed by atoms with Crippen molar-refractivity contribution in [3.05, 3.63) is 21.3 Å². The summed E-state index contributed by atoms with van der Waals surface area (Å²) in [6.07, 6.45) is -2.37. The van der Waals surface area contributed by atoms with Gasteiger partial charge in [-0.2, -0.15) is 0 Å². The topological polar surface area (TPSA) is 26.0 Å². The van der Waals surface area contributed by atoms with Crippen molar-refractivity contribution >= 4 is 22.9 Å². The highest BCUT2D eigenvalue weighted by Crippen LogP contribution is 2.25. The maximum atomic E-state index is 12.4. The Balaban J connectivity index is 2.68. The molecule has 0 aliphatic carbocycles. The predicted molar refractivity (Wildman–Crippen MR) is 51.6 cm³/mol. The molecule has 1 aromatic heterocycles. The number of alkyl halides is 2. The molecule has 1 nitrogen and oxygen atoms in total. The summed E-state index contributed by atoms with van der Waals surface area (Å²) >= 11 is 7.00. The fraction of sp³-hybridized carbons (Fsp3) is 0.500. The van der Waals surface area contributed by atoms with Gasteiger partial charge in [-0.3, -0.25) is 0 Å². The molecule has 1 rings (SSSR count). The van der Waals surface area contributed by atoms with Crippen LogP contribution >= 0.6 is 22.9 Å². The van der Waals surface area contributed by atoms with E-state index < -0.39 is 12.0 Å². The van der Waals surface area contributed by atoms with Crippen LogP contribution in [0.4, 0.5) is 8.78 Å². The van der Waals surface area contributed by atoms with E-state index in [1.165, 1.54) is 18.3 Å². The zero-order valence-electron chi connectivity index (χ0n) is 7.06. The second kappa shape index (κ2) is 3.90. The summed E-state index contributed by atoms with van der Waals surface area (Å²) in [6, 6.07) is 1.67. The van der Waals surface area contributed by atoms with Gasteiger partial charge < -0.3 is 5.73 Å². The fourth-order valence-corrected chi connectivity index (χ4v) is 2.15. The van der Waals surface area contributed by atoms with E-state index in [1.807, 2.05) is 0 Å². The van der Waals surface area contributed by atoms with Crippen LogP contribution in [0.5, 0.6) is 0 Å². The molecule has 1 atom stereocenters. The van der Waals surface area contributed by atoms with Gasteiger partial charge >= 0.3 is 0 Å². The highest BCUT2D eigenvalue weighted by molar-refractivity contribution is 7.10. The number of halogens is 3. The molecule has 0 radical (unpaired) electrons. The minimum absolute atomic E-state index is 0.155. The van der Waals surface area contributed by atoms with E-state index in [0.29, 0.717) is 5.02 Å². The molecule has 0 aliphatic heterocycles. The van der Waals surface area contributed by atoms with Crippen LogP contribution in [-0.4, -0.2) is 12.0 Å². The first-order valence-corrected chi connectivity index (χ1v) is 4.97. The van der Waals surface area contributed by atoms with E-state index in [9.17, 15) is 8.78 Å². The highest BCUT2D eigenvalue weighted by atomic mass is 35.5. The Morgan fingerprint density at radius 1 is 1.69 bits per heavy atom. The van der Waals surface area contributed by atoms with E-state index in [-0.39, 0.29) is 6.42 Å². The normalized spacial score (nSPS) is 16.2. The van der Waals surface area contributed by atoms with Gasteiger partial charge in [-0.25, -0.2) is 8.78 Å². The molecular weight excluding hydrogens is 216 g/mol. The van der Waals surface area contributed by atoms with Gasteiger partial charge in [-0.1, -0.05) is 11.6 Å². The Bertz CT molecular complexity index is 285. The fourth-order valence-electron chi connectivity index (χ4n) is 0.899. The zero-order chi connectivity index (χ0) is 10.1. The molecule has 0 saturated heterocycles. The van der Waals surface area contributed by atoms with Crippen molar-refractivity contribution in [2.24, 2.45) is 5.73 Å². The highest BCUT2D eigenvalue weighted by Gasteiger charge is 2.30. The number of nitrogens with two attached hydrogens (primary N) is 1. The van der Waals surface area contributed by atoms with Crippen LogP contribution in [0.1, 0.15) is 11.8 Å². The maximum Gasteiger partial charge on any atom is 0.256 e. The quantitative estimate of drug-likeness (QED) is 0.841. The standard InChI is InChI=1S/C8H10ClF2NS/c1-8(12,7(10)11)3-6-2-5(9)4-13-6/h2,4,7H,3,12H2,1H3. The van der Waals surface area contributed by atoms with Crippen LogP contribution in [0.2, 0.25) is 5.02 Å². The van der Waals surface area contributed by atoms with Gasteiger partial charge in [0.05, 0.1) is 10.6 Å². The lowest BCUT2D eigenvalue weighted by atomic mass is 9.99. The van der Waals surface area contributed by atoms with Gasteiger partial charge in [-0.05, 0) is 13.0 Å². The SMILES string of the molecule is CC(N)(Cc1cc(Cl)cs1)C(F)F. The number of hydrogen-bond acceptors (Lipinski definition) is 2. The molecule has 1 heterocycles. The number of thiophene rings is 1. The van der Waals surface area contributed by atoms with Crippen LogP contribution in [0, 0.1) is 0 Å². The third kappa shape index (κ3) is 2.90. The molecule has 0 aliphatic rings. The van der Waals surface area contributed by atoms with Crippen molar-refractivity contribution in [1.82, 2.24) is 0 Å². The molecule has 0 bridgehead atoms. The lowest BCUT2D eigenvalue weighted by Crippen LogP contribution is -2.45. The van der Waals surface area contributed by atoms with Crippen LogP contribution in [-0.2, 0) is 6.42 Å². The zero-order valence-corrected chi connectivity index (χ0v) is 8.63. The van der Waals surface area contributed by atoms with Gasteiger partial charge in [0.2, 0.25) is 0 Å². The van der Waals surface area contributed by atoms with Crippen LogP contribution in [0.3, 0.4) is 0 Å². The molecule has 13 heavy (non-hydrogen) atoms. The summed E-state index contributed by atoms with van der Waals surface area (Å²) < 4.78 is 24.7. The van der Waals surface area contributed by atoms with Gasteiger partial charge in [-0.15, -0.1) is 11.3 Å². The molecule has 74 valence electrons. The largest absolute Gasteiger partial charge is 0.320 e. The van der Waals surface area contributed by atoms with Crippen LogP contribution < -0.4 is 5.73 Å². The van der Waals surface area contributed by atoms with Crippen LogP contribution in [0.25, 0.3) is 0 Å². The molecule has 1 aromatic rings. The molecule has 1 unspecified atom stereocenters. The van der Waals surface area contributed by atoms with Crippen molar-refractivity contribution in [3.63, 3.8) is 0 Å². The summed E-state index contributed by atoms with van der Waals surface area (Å²) in [5.41, 5.74) is 3.95. The molecule has 0 amide bonds. The average Bonchev–Trinajstić information content (AvgIpc) is 2.34. The first-order chi connectivity index (χ1) is 5.92. The minimum Gasteiger partial charge on any atom is -0.320 e. The second-order valence-corrected chi connectivity index (χ2v) is 4.65. The molecule has 0 spiro atoms. The third-order valence-electron chi connectivity index (χ3n) is 1.68. The van der Waals surface area contributed by atoms with E-state index in [2.05, 4.69) is 0 Å². The molecule has 0 saturated carbocycles. The Kier molecular flexibility index (Phi) is 3.27. The minimum atomic E-state index is -2.52. The molecular formula is C8H10ClF2NS. The van der Waals surface area contributed by atoms with Gasteiger partial charge in [0, 0.05) is 16.7 Å². The summed E-state index contributed by atoms with van der Waals surface area (Å²) in [7, 11) is 0. The van der Waals surface area contributed by atoms with Crippen LogP contribution in [0.15, 0.2) is 11.4 Å². The summed E-state index contributed by atoms with van der Waals surface area (Å²) in [5.74, 6) is 0. The van der Waals surface area contributed by atoms with Gasteiger partial charge in [0.25, 0.3) is 6.43 Å².